The van der Waals surface area contributed by atoms with E-state index in [4.69, 9.17) is 11.6 Å². The molecule has 0 saturated carbocycles. The van der Waals surface area contributed by atoms with E-state index >= 15 is 0 Å². The molecule has 26 heavy (non-hydrogen) atoms. The summed E-state index contributed by atoms with van der Waals surface area (Å²) in [4.78, 5) is 22.3. The normalized spacial score (nSPS) is 11.2. The summed E-state index contributed by atoms with van der Waals surface area (Å²) in [5.41, 5.74) is 0.636. The molecular formula is C16H16ClN3O5S. The Kier molecular flexibility index (Phi) is 6.30. The minimum atomic E-state index is -3.78. The Morgan fingerprint density at radius 1 is 1.23 bits per heavy atom. The molecule has 2 rings (SSSR count). The molecule has 2 aromatic carbocycles. The maximum Gasteiger partial charge on any atom is 0.274 e. The molecule has 0 saturated heterocycles. The summed E-state index contributed by atoms with van der Waals surface area (Å²) < 4.78 is 26.5. The maximum atomic E-state index is 12.1. The lowest BCUT2D eigenvalue weighted by Gasteiger charge is -2.08. The number of hydrogen-bond donors (Lipinski definition) is 2. The summed E-state index contributed by atoms with van der Waals surface area (Å²) in [6.45, 7) is 1.46. The minimum absolute atomic E-state index is 0.000400. The van der Waals surface area contributed by atoms with Gasteiger partial charge in [-0.3, -0.25) is 14.9 Å². The van der Waals surface area contributed by atoms with Crippen molar-refractivity contribution in [2.45, 2.75) is 18.2 Å². The summed E-state index contributed by atoms with van der Waals surface area (Å²) in [5, 5.41) is 13.7. The van der Waals surface area contributed by atoms with E-state index in [9.17, 15) is 23.3 Å². The van der Waals surface area contributed by atoms with Crippen LogP contribution < -0.4 is 10.0 Å². The first-order chi connectivity index (χ1) is 12.2. The molecule has 1 amide bonds. The summed E-state index contributed by atoms with van der Waals surface area (Å²) in [5.74, 6) is -0.475. The van der Waals surface area contributed by atoms with Crippen LogP contribution in [0.3, 0.4) is 0 Å². The van der Waals surface area contributed by atoms with Crippen LogP contribution in [0.1, 0.15) is 12.0 Å². The standard InChI is InChI=1S/C16H16ClN3O5S/c1-11-5-6-13(10-15(11)20(22)23)19-16(21)7-8-18-26(24,25)14-4-2-3-12(17)9-14/h2-6,9-10,18H,7-8H2,1H3,(H,19,21). The van der Waals surface area contributed by atoms with E-state index in [1.54, 1.807) is 13.0 Å². The Morgan fingerprint density at radius 2 is 1.96 bits per heavy atom. The van der Waals surface area contributed by atoms with Crippen LogP contribution in [0.2, 0.25) is 5.02 Å². The molecule has 0 aromatic heterocycles. The van der Waals surface area contributed by atoms with Gasteiger partial charge in [-0.05, 0) is 31.2 Å². The third kappa shape index (κ3) is 5.25. The average molecular weight is 398 g/mol. The smallest absolute Gasteiger partial charge is 0.274 e. The number of halogens is 1. The lowest BCUT2D eigenvalue weighted by atomic mass is 10.2. The van der Waals surface area contributed by atoms with Crippen LogP contribution >= 0.6 is 11.6 Å². The number of rotatable bonds is 7. The highest BCUT2D eigenvalue weighted by molar-refractivity contribution is 7.89. The number of nitrogens with one attached hydrogen (secondary N) is 2. The van der Waals surface area contributed by atoms with Gasteiger partial charge in [-0.2, -0.15) is 0 Å². The number of nitro benzene ring substituents is 1. The SMILES string of the molecule is Cc1ccc(NC(=O)CCNS(=O)(=O)c2cccc(Cl)c2)cc1[N+](=O)[O-]. The van der Waals surface area contributed by atoms with E-state index in [0.717, 1.165) is 0 Å². The number of carbonyl (C=O) groups excluding carboxylic acids is 1. The number of nitrogens with zero attached hydrogens (tertiary/aromatic N) is 1. The van der Waals surface area contributed by atoms with Crippen LogP contribution in [0.25, 0.3) is 0 Å². The van der Waals surface area contributed by atoms with Gasteiger partial charge in [0.15, 0.2) is 0 Å². The van der Waals surface area contributed by atoms with Gasteiger partial charge in [-0.1, -0.05) is 23.7 Å². The number of sulfonamides is 1. The molecule has 0 bridgehead atoms. The van der Waals surface area contributed by atoms with E-state index in [0.29, 0.717) is 5.56 Å². The third-order valence-corrected chi connectivity index (χ3v) is 5.13. The van der Waals surface area contributed by atoms with Crippen molar-refractivity contribution in [3.8, 4) is 0 Å². The van der Waals surface area contributed by atoms with Crippen molar-refractivity contribution in [2.24, 2.45) is 0 Å². The van der Waals surface area contributed by atoms with Gasteiger partial charge in [0.05, 0.1) is 9.82 Å². The van der Waals surface area contributed by atoms with Crippen molar-refractivity contribution in [3.63, 3.8) is 0 Å². The number of nitro groups is 1. The molecular weight excluding hydrogens is 382 g/mol. The summed E-state index contributed by atoms with van der Waals surface area (Å²) in [6.07, 6.45) is -0.137. The van der Waals surface area contributed by atoms with Crippen LogP contribution in [0.5, 0.6) is 0 Å². The van der Waals surface area contributed by atoms with Crippen LogP contribution in [0.15, 0.2) is 47.4 Å². The zero-order chi connectivity index (χ0) is 19.3. The zero-order valence-electron chi connectivity index (χ0n) is 13.7. The first kappa shape index (κ1) is 19.8. The first-order valence-corrected chi connectivity index (χ1v) is 9.35. The van der Waals surface area contributed by atoms with Crippen molar-refractivity contribution in [2.75, 3.05) is 11.9 Å². The predicted octanol–water partition coefficient (Wildman–Crippen LogP) is 2.86. The molecule has 0 fully saturated rings. The number of anilines is 1. The molecule has 0 radical (unpaired) electrons. The topological polar surface area (TPSA) is 118 Å². The number of carbonyl (C=O) groups is 1. The number of hydrogen-bond acceptors (Lipinski definition) is 5. The van der Waals surface area contributed by atoms with Gasteiger partial charge >= 0.3 is 0 Å². The van der Waals surface area contributed by atoms with Crippen molar-refractivity contribution in [3.05, 3.63) is 63.2 Å². The van der Waals surface area contributed by atoms with Gasteiger partial charge in [0.2, 0.25) is 15.9 Å². The quantitative estimate of drug-likeness (QED) is 0.550. The predicted molar refractivity (Wildman–Crippen MR) is 97.7 cm³/mol. The molecule has 0 unspecified atom stereocenters. The molecule has 138 valence electrons. The van der Waals surface area contributed by atoms with Crippen LogP contribution in [-0.2, 0) is 14.8 Å². The highest BCUT2D eigenvalue weighted by atomic mass is 35.5. The number of aryl methyl sites for hydroxylation is 1. The highest BCUT2D eigenvalue weighted by Crippen LogP contribution is 2.22. The van der Waals surface area contributed by atoms with E-state index in [1.807, 2.05) is 0 Å². The van der Waals surface area contributed by atoms with Gasteiger partial charge in [0.25, 0.3) is 5.69 Å². The van der Waals surface area contributed by atoms with E-state index in [2.05, 4.69) is 10.0 Å². The fraction of sp³-hybridized carbons (Fsp3) is 0.188. The van der Waals surface area contributed by atoms with Crippen LogP contribution in [0, 0.1) is 17.0 Å². The fourth-order valence-electron chi connectivity index (χ4n) is 2.12. The lowest BCUT2D eigenvalue weighted by molar-refractivity contribution is -0.385. The van der Waals surface area contributed by atoms with Crippen molar-refractivity contribution >= 4 is 38.9 Å². The molecule has 0 atom stereocenters. The molecule has 0 aliphatic heterocycles. The molecule has 2 aromatic rings. The Morgan fingerprint density at radius 3 is 2.62 bits per heavy atom. The van der Waals surface area contributed by atoms with E-state index < -0.39 is 20.9 Å². The molecule has 0 aliphatic carbocycles. The van der Waals surface area contributed by atoms with Crippen molar-refractivity contribution < 1.29 is 18.1 Å². The summed E-state index contributed by atoms with van der Waals surface area (Å²) >= 11 is 5.77. The van der Waals surface area contributed by atoms with Crippen molar-refractivity contribution in [1.29, 1.82) is 0 Å². The molecule has 10 heteroatoms. The number of benzene rings is 2. The molecule has 8 nitrogen and oxygen atoms in total. The van der Waals surface area contributed by atoms with E-state index in [-0.39, 0.29) is 34.3 Å². The van der Waals surface area contributed by atoms with Gasteiger partial charge in [0, 0.05) is 35.3 Å². The highest BCUT2D eigenvalue weighted by Gasteiger charge is 2.15. The molecule has 0 spiro atoms. The van der Waals surface area contributed by atoms with Crippen LogP contribution in [-0.4, -0.2) is 25.8 Å². The molecule has 0 heterocycles. The van der Waals surface area contributed by atoms with Gasteiger partial charge in [-0.25, -0.2) is 13.1 Å². The third-order valence-electron chi connectivity index (χ3n) is 3.44. The second-order valence-electron chi connectivity index (χ2n) is 5.41. The largest absolute Gasteiger partial charge is 0.326 e. The summed E-state index contributed by atoms with van der Waals surface area (Å²) in [6, 6.07) is 10.1. The molecule has 2 N–H and O–H groups in total. The van der Waals surface area contributed by atoms with Gasteiger partial charge in [0.1, 0.15) is 0 Å². The number of amides is 1. The first-order valence-electron chi connectivity index (χ1n) is 7.49. The minimum Gasteiger partial charge on any atom is -0.326 e. The Balaban J connectivity index is 1.93. The Labute approximate surface area is 155 Å². The second-order valence-corrected chi connectivity index (χ2v) is 7.62. The van der Waals surface area contributed by atoms with Crippen molar-refractivity contribution in [1.82, 2.24) is 4.72 Å². The lowest BCUT2D eigenvalue weighted by Crippen LogP contribution is -2.27. The maximum absolute atomic E-state index is 12.1. The zero-order valence-corrected chi connectivity index (χ0v) is 15.3. The molecule has 0 aliphatic rings. The van der Waals surface area contributed by atoms with E-state index in [1.165, 1.54) is 36.4 Å². The Bertz CT molecular complexity index is 947. The van der Waals surface area contributed by atoms with Crippen LogP contribution in [0.4, 0.5) is 11.4 Å². The monoisotopic (exact) mass is 397 g/mol. The summed E-state index contributed by atoms with van der Waals surface area (Å²) in [7, 11) is -3.78. The van der Waals surface area contributed by atoms with Gasteiger partial charge in [-0.15, -0.1) is 0 Å². The fourth-order valence-corrected chi connectivity index (χ4v) is 3.46. The second kappa shape index (κ2) is 8.26. The average Bonchev–Trinajstić information content (AvgIpc) is 2.56. The Hall–Kier alpha value is -2.49. The van der Waals surface area contributed by atoms with Gasteiger partial charge < -0.3 is 5.32 Å².